The van der Waals surface area contributed by atoms with E-state index >= 15 is 0 Å². The first-order valence-electron chi connectivity index (χ1n) is 6.76. The van der Waals surface area contributed by atoms with Crippen LogP contribution in [0.5, 0.6) is 0 Å². The molecule has 1 saturated carbocycles. The van der Waals surface area contributed by atoms with E-state index in [0.717, 1.165) is 18.8 Å². The SMILES string of the molecule is CCC1CCCC(Nc2nccc(C(=O)O)c2Cl)C1. The topological polar surface area (TPSA) is 62.2 Å². The Kier molecular flexibility index (Phi) is 4.64. The number of rotatable bonds is 4. The number of anilines is 1. The van der Waals surface area contributed by atoms with Gasteiger partial charge in [-0.15, -0.1) is 0 Å². The number of carboxylic acids is 1. The fourth-order valence-corrected chi connectivity index (χ4v) is 2.94. The van der Waals surface area contributed by atoms with E-state index in [9.17, 15) is 4.79 Å². The number of hydrogen-bond donors (Lipinski definition) is 2. The Hall–Kier alpha value is -1.29. The van der Waals surface area contributed by atoms with Crippen molar-refractivity contribution in [1.29, 1.82) is 0 Å². The summed E-state index contributed by atoms with van der Waals surface area (Å²) in [5.41, 5.74) is 0.0991. The number of halogens is 1. The quantitative estimate of drug-likeness (QED) is 0.881. The summed E-state index contributed by atoms with van der Waals surface area (Å²) in [7, 11) is 0. The van der Waals surface area contributed by atoms with Crippen molar-refractivity contribution < 1.29 is 9.90 Å². The third-order valence-corrected chi connectivity index (χ3v) is 4.20. The summed E-state index contributed by atoms with van der Waals surface area (Å²) in [5.74, 6) is 0.210. The van der Waals surface area contributed by atoms with Gasteiger partial charge in [-0.3, -0.25) is 0 Å². The number of carboxylic acid groups (broad SMARTS) is 1. The van der Waals surface area contributed by atoms with Gasteiger partial charge in [-0.05, 0) is 24.8 Å². The van der Waals surface area contributed by atoms with Crippen molar-refractivity contribution in [1.82, 2.24) is 4.98 Å². The van der Waals surface area contributed by atoms with E-state index in [-0.39, 0.29) is 10.6 Å². The third-order valence-electron chi connectivity index (χ3n) is 3.82. The minimum Gasteiger partial charge on any atom is -0.478 e. The van der Waals surface area contributed by atoms with Gasteiger partial charge in [-0.1, -0.05) is 37.8 Å². The summed E-state index contributed by atoms with van der Waals surface area (Å²) >= 11 is 6.09. The van der Waals surface area contributed by atoms with E-state index in [1.54, 1.807) is 0 Å². The van der Waals surface area contributed by atoms with Crippen LogP contribution >= 0.6 is 11.6 Å². The monoisotopic (exact) mass is 282 g/mol. The second kappa shape index (κ2) is 6.24. The molecule has 1 aromatic heterocycles. The average Bonchev–Trinajstić information content (AvgIpc) is 2.41. The normalized spacial score (nSPS) is 23.1. The smallest absolute Gasteiger partial charge is 0.337 e. The predicted molar refractivity (Wildman–Crippen MR) is 75.9 cm³/mol. The van der Waals surface area contributed by atoms with Crippen LogP contribution in [0.3, 0.4) is 0 Å². The highest BCUT2D eigenvalue weighted by atomic mass is 35.5. The molecule has 5 heteroatoms. The molecule has 104 valence electrons. The van der Waals surface area contributed by atoms with Crippen molar-refractivity contribution >= 4 is 23.4 Å². The van der Waals surface area contributed by atoms with Gasteiger partial charge in [-0.25, -0.2) is 9.78 Å². The van der Waals surface area contributed by atoms with Gasteiger partial charge in [-0.2, -0.15) is 0 Å². The molecule has 0 saturated heterocycles. The van der Waals surface area contributed by atoms with E-state index in [0.29, 0.717) is 11.9 Å². The van der Waals surface area contributed by atoms with E-state index in [4.69, 9.17) is 16.7 Å². The Labute approximate surface area is 118 Å². The number of carbonyl (C=O) groups is 1. The number of aromatic carboxylic acids is 1. The lowest BCUT2D eigenvalue weighted by Crippen LogP contribution is -2.27. The molecule has 0 bridgehead atoms. The van der Waals surface area contributed by atoms with Crippen LogP contribution in [0.25, 0.3) is 0 Å². The molecule has 0 radical (unpaired) electrons. The van der Waals surface area contributed by atoms with Crippen molar-refractivity contribution in [3.63, 3.8) is 0 Å². The maximum absolute atomic E-state index is 11.0. The van der Waals surface area contributed by atoms with E-state index in [1.807, 2.05) is 0 Å². The van der Waals surface area contributed by atoms with Crippen LogP contribution in [0, 0.1) is 5.92 Å². The highest BCUT2D eigenvalue weighted by Crippen LogP contribution is 2.31. The molecular formula is C14H19ClN2O2. The lowest BCUT2D eigenvalue weighted by Gasteiger charge is -2.29. The van der Waals surface area contributed by atoms with Crippen molar-refractivity contribution in [2.45, 2.75) is 45.1 Å². The van der Waals surface area contributed by atoms with Crippen molar-refractivity contribution in [3.05, 3.63) is 22.8 Å². The Bertz CT molecular complexity index is 465. The first kappa shape index (κ1) is 14.1. The Morgan fingerprint density at radius 3 is 3.05 bits per heavy atom. The summed E-state index contributed by atoms with van der Waals surface area (Å²) in [4.78, 5) is 15.2. The second-order valence-electron chi connectivity index (χ2n) is 5.11. The molecule has 2 N–H and O–H groups in total. The van der Waals surface area contributed by atoms with Crippen LogP contribution < -0.4 is 5.32 Å². The predicted octanol–water partition coefficient (Wildman–Crippen LogP) is 3.81. The molecule has 1 fully saturated rings. The molecule has 1 aliphatic carbocycles. The van der Waals surface area contributed by atoms with Crippen LogP contribution in [0.2, 0.25) is 5.02 Å². The van der Waals surface area contributed by atoms with Gasteiger partial charge >= 0.3 is 5.97 Å². The molecular weight excluding hydrogens is 264 g/mol. The number of nitrogens with zero attached hydrogens (tertiary/aromatic N) is 1. The zero-order valence-electron chi connectivity index (χ0n) is 11.0. The molecule has 0 spiro atoms. The van der Waals surface area contributed by atoms with Gasteiger partial charge in [0, 0.05) is 12.2 Å². The van der Waals surface area contributed by atoms with Gasteiger partial charge < -0.3 is 10.4 Å². The van der Waals surface area contributed by atoms with Crippen LogP contribution in [0.15, 0.2) is 12.3 Å². The summed E-state index contributed by atoms with van der Waals surface area (Å²) in [5, 5.41) is 12.5. The number of nitrogens with one attached hydrogen (secondary N) is 1. The molecule has 2 atom stereocenters. The van der Waals surface area contributed by atoms with E-state index in [1.165, 1.54) is 31.5 Å². The molecule has 0 aliphatic heterocycles. The fourth-order valence-electron chi connectivity index (χ4n) is 2.70. The third kappa shape index (κ3) is 3.38. The molecule has 1 aliphatic rings. The molecule has 1 heterocycles. The first-order chi connectivity index (χ1) is 9.11. The molecule has 19 heavy (non-hydrogen) atoms. The molecule has 1 aromatic rings. The Morgan fingerprint density at radius 2 is 2.37 bits per heavy atom. The number of aromatic nitrogens is 1. The minimum absolute atomic E-state index is 0.0991. The van der Waals surface area contributed by atoms with Gasteiger partial charge in [0.05, 0.1) is 10.6 Å². The number of pyridine rings is 1. The molecule has 2 unspecified atom stereocenters. The minimum atomic E-state index is -1.02. The van der Waals surface area contributed by atoms with Crippen molar-refractivity contribution in [2.75, 3.05) is 5.32 Å². The van der Waals surface area contributed by atoms with Crippen molar-refractivity contribution in [2.24, 2.45) is 5.92 Å². The molecule has 4 nitrogen and oxygen atoms in total. The Balaban J connectivity index is 2.10. The van der Waals surface area contributed by atoms with E-state index in [2.05, 4.69) is 17.2 Å². The summed E-state index contributed by atoms with van der Waals surface area (Å²) < 4.78 is 0. The fraction of sp³-hybridized carbons (Fsp3) is 0.571. The lowest BCUT2D eigenvalue weighted by molar-refractivity contribution is 0.0697. The van der Waals surface area contributed by atoms with Gasteiger partial charge in [0.1, 0.15) is 5.82 Å². The zero-order chi connectivity index (χ0) is 13.8. The van der Waals surface area contributed by atoms with Crippen LogP contribution in [-0.2, 0) is 0 Å². The largest absolute Gasteiger partial charge is 0.478 e. The van der Waals surface area contributed by atoms with Gasteiger partial charge in [0.2, 0.25) is 0 Å². The summed E-state index contributed by atoms with van der Waals surface area (Å²) in [6, 6.07) is 1.76. The summed E-state index contributed by atoms with van der Waals surface area (Å²) in [6.45, 7) is 2.21. The van der Waals surface area contributed by atoms with Crippen molar-refractivity contribution in [3.8, 4) is 0 Å². The highest BCUT2D eigenvalue weighted by molar-refractivity contribution is 6.35. The van der Waals surface area contributed by atoms with E-state index < -0.39 is 5.97 Å². The van der Waals surface area contributed by atoms with Crippen LogP contribution in [-0.4, -0.2) is 22.1 Å². The second-order valence-corrected chi connectivity index (χ2v) is 5.49. The number of hydrogen-bond acceptors (Lipinski definition) is 3. The molecule has 2 rings (SSSR count). The maximum Gasteiger partial charge on any atom is 0.337 e. The Morgan fingerprint density at radius 1 is 1.58 bits per heavy atom. The lowest BCUT2D eigenvalue weighted by atomic mass is 9.84. The maximum atomic E-state index is 11.0. The average molecular weight is 283 g/mol. The van der Waals surface area contributed by atoms with Gasteiger partial charge in [0.15, 0.2) is 0 Å². The first-order valence-corrected chi connectivity index (χ1v) is 7.14. The molecule has 0 amide bonds. The van der Waals surface area contributed by atoms with Crippen LogP contribution in [0.4, 0.5) is 5.82 Å². The van der Waals surface area contributed by atoms with Crippen LogP contribution in [0.1, 0.15) is 49.4 Å². The zero-order valence-corrected chi connectivity index (χ0v) is 11.8. The summed E-state index contributed by atoms with van der Waals surface area (Å²) in [6.07, 6.45) is 7.35. The molecule has 0 aromatic carbocycles. The highest BCUT2D eigenvalue weighted by Gasteiger charge is 2.22. The van der Waals surface area contributed by atoms with Gasteiger partial charge in [0.25, 0.3) is 0 Å². The standard InChI is InChI=1S/C14H19ClN2O2/c1-2-9-4-3-5-10(8-9)17-13-12(15)11(14(18)19)6-7-16-13/h6-7,9-10H,2-5,8H2,1H3,(H,16,17)(H,18,19).